The van der Waals surface area contributed by atoms with E-state index in [9.17, 15) is 0 Å². The first-order valence-corrected chi connectivity index (χ1v) is 8.73. The van der Waals surface area contributed by atoms with E-state index >= 15 is 0 Å². The molecular weight excluding hydrogens is 284 g/mol. The maximum absolute atomic E-state index is 5.69. The van der Waals surface area contributed by atoms with Crippen LogP contribution >= 0.6 is 11.5 Å². The molecule has 0 aromatic carbocycles. The third-order valence-electron chi connectivity index (χ3n) is 4.12. The van der Waals surface area contributed by atoms with Crippen LogP contribution in [0.5, 0.6) is 0 Å². The summed E-state index contributed by atoms with van der Waals surface area (Å²) in [6.07, 6.45) is 8.75. The van der Waals surface area contributed by atoms with E-state index in [1.54, 1.807) is 0 Å². The van der Waals surface area contributed by atoms with Gasteiger partial charge < -0.3 is 9.64 Å². The number of aromatic nitrogens is 2. The first kappa shape index (κ1) is 14.8. The van der Waals surface area contributed by atoms with Crippen molar-refractivity contribution in [2.45, 2.75) is 38.7 Å². The number of rotatable bonds is 4. The van der Waals surface area contributed by atoms with Crippen molar-refractivity contribution in [3.8, 4) is 0 Å². The normalized spacial score (nSPS) is 23.9. The first-order chi connectivity index (χ1) is 10.3. The van der Waals surface area contributed by atoms with Crippen LogP contribution in [0, 0.1) is 0 Å². The van der Waals surface area contributed by atoms with Crippen LogP contribution in [0.1, 0.15) is 32.0 Å². The van der Waals surface area contributed by atoms with Crippen molar-refractivity contribution in [3.05, 3.63) is 18.2 Å². The zero-order valence-electron chi connectivity index (χ0n) is 12.7. The van der Waals surface area contributed by atoms with E-state index in [0.29, 0.717) is 6.10 Å². The molecule has 116 valence electrons. The number of hydrogen-bond acceptors (Lipinski definition) is 6. The molecule has 0 spiro atoms. The molecule has 2 aliphatic heterocycles. The summed E-state index contributed by atoms with van der Waals surface area (Å²) < 4.78 is 10.1. The van der Waals surface area contributed by atoms with Crippen molar-refractivity contribution in [2.75, 3.05) is 37.6 Å². The van der Waals surface area contributed by atoms with Crippen LogP contribution in [-0.4, -0.2) is 53.1 Å². The van der Waals surface area contributed by atoms with Crippen molar-refractivity contribution in [1.29, 1.82) is 0 Å². The van der Waals surface area contributed by atoms with Crippen LogP contribution in [0.4, 0.5) is 5.13 Å². The summed E-state index contributed by atoms with van der Waals surface area (Å²) in [7, 11) is 0. The molecule has 21 heavy (non-hydrogen) atoms. The van der Waals surface area contributed by atoms with E-state index in [-0.39, 0.29) is 0 Å². The Labute approximate surface area is 130 Å². The maximum atomic E-state index is 5.69. The monoisotopic (exact) mass is 308 g/mol. The molecule has 1 unspecified atom stereocenters. The highest BCUT2D eigenvalue weighted by Gasteiger charge is 2.21. The Kier molecular flexibility index (Phi) is 5.08. The molecule has 0 N–H and O–H groups in total. The van der Waals surface area contributed by atoms with Crippen molar-refractivity contribution >= 4 is 16.7 Å². The van der Waals surface area contributed by atoms with Crippen LogP contribution in [0.3, 0.4) is 0 Å². The van der Waals surface area contributed by atoms with Gasteiger partial charge in [0.25, 0.3) is 0 Å². The van der Waals surface area contributed by atoms with E-state index < -0.39 is 0 Å². The van der Waals surface area contributed by atoms with Crippen molar-refractivity contribution in [2.24, 2.45) is 0 Å². The van der Waals surface area contributed by atoms with Crippen LogP contribution in [0.2, 0.25) is 0 Å². The van der Waals surface area contributed by atoms with Crippen LogP contribution in [0.15, 0.2) is 12.3 Å². The fraction of sp³-hybridized carbons (Fsp3) is 0.733. The number of nitrogens with zero attached hydrogens (tertiary/aromatic N) is 4. The summed E-state index contributed by atoms with van der Waals surface area (Å²) in [6, 6.07) is 0. The van der Waals surface area contributed by atoms with Crippen LogP contribution in [0.25, 0.3) is 0 Å². The Morgan fingerprint density at radius 3 is 3.05 bits per heavy atom. The lowest BCUT2D eigenvalue weighted by atomic mass is 10.1. The van der Waals surface area contributed by atoms with E-state index in [1.165, 1.54) is 18.0 Å². The lowest BCUT2D eigenvalue weighted by Crippen LogP contribution is -2.37. The second-order valence-corrected chi connectivity index (χ2v) is 6.43. The molecule has 3 heterocycles. The lowest BCUT2D eigenvalue weighted by Gasteiger charge is -2.27. The molecule has 0 radical (unpaired) electrons. The van der Waals surface area contributed by atoms with Gasteiger partial charge in [0.05, 0.1) is 6.26 Å². The topological polar surface area (TPSA) is 41.5 Å². The summed E-state index contributed by atoms with van der Waals surface area (Å²) in [5.74, 6) is 0.971. The van der Waals surface area contributed by atoms with E-state index in [0.717, 1.165) is 62.9 Å². The molecule has 5 nitrogen and oxygen atoms in total. The van der Waals surface area contributed by atoms with Crippen LogP contribution in [-0.2, 0) is 11.2 Å². The Balaban J connectivity index is 1.52. The highest BCUT2D eigenvalue weighted by Crippen LogP contribution is 2.20. The first-order valence-electron chi connectivity index (χ1n) is 7.95. The van der Waals surface area contributed by atoms with Crippen molar-refractivity contribution in [1.82, 2.24) is 14.3 Å². The Morgan fingerprint density at radius 1 is 1.33 bits per heavy atom. The molecule has 0 amide bonds. The Bertz CT molecular complexity index is 476. The molecule has 1 atom stereocenters. The third-order valence-corrected chi connectivity index (χ3v) is 4.93. The van der Waals surface area contributed by atoms with Gasteiger partial charge in [0.1, 0.15) is 11.9 Å². The SMILES string of the molecule is CCc1nsc(N2CCCN(CC3CCC=CO3)CC2)n1. The Morgan fingerprint density at radius 2 is 2.29 bits per heavy atom. The largest absolute Gasteiger partial charge is 0.497 e. The zero-order chi connectivity index (χ0) is 14.5. The Hall–Kier alpha value is -1.14. The minimum Gasteiger partial charge on any atom is -0.497 e. The highest BCUT2D eigenvalue weighted by atomic mass is 32.1. The highest BCUT2D eigenvalue weighted by molar-refractivity contribution is 7.09. The predicted molar refractivity (Wildman–Crippen MR) is 85.8 cm³/mol. The molecule has 0 saturated carbocycles. The molecule has 3 rings (SSSR count). The minimum atomic E-state index is 0.370. The van der Waals surface area contributed by atoms with Gasteiger partial charge in [-0.15, -0.1) is 0 Å². The van der Waals surface area contributed by atoms with Crippen LogP contribution < -0.4 is 4.90 Å². The lowest BCUT2D eigenvalue weighted by molar-refractivity contribution is 0.0815. The molecule has 1 aromatic rings. The van der Waals surface area contributed by atoms with Gasteiger partial charge in [0.2, 0.25) is 5.13 Å². The molecule has 1 fully saturated rings. The summed E-state index contributed by atoms with van der Waals surface area (Å²) in [5.41, 5.74) is 0. The van der Waals surface area contributed by atoms with Gasteiger partial charge in [-0.1, -0.05) is 6.92 Å². The van der Waals surface area contributed by atoms with E-state index in [2.05, 4.69) is 32.2 Å². The number of aryl methyl sites for hydroxylation is 1. The van der Waals surface area contributed by atoms with Gasteiger partial charge in [0.15, 0.2) is 0 Å². The van der Waals surface area contributed by atoms with Crippen molar-refractivity contribution < 1.29 is 4.74 Å². The van der Waals surface area contributed by atoms with Gasteiger partial charge in [-0.3, -0.25) is 4.90 Å². The summed E-state index contributed by atoms with van der Waals surface area (Å²) in [6.45, 7) is 7.52. The molecular formula is C15H24N4OS. The zero-order valence-corrected chi connectivity index (χ0v) is 13.5. The van der Waals surface area contributed by atoms with E-state index in [4.69, 9.17) is 4.74 Å². The van der Waals surface area contributed by atoms with Gasteiger partial charge >= 0.3 is 0 Å². The van der Waals surface area contributed by atoms with Crippen molar-refractivity contribution in [3.63, 3.8) is 0 Å². The molecule has 0 aliphatic carbocycles. The molecule has 1 aromatic heterocycles. The third kappa shape index (κ3) is 3.95. The summed E-state index contributed by atoms with van der Waals surface area (Å²) in [5, 5.41) is 1.09. The average Bonchev–Trinajstić information content (AvgIpc) is 2.89. The maximum Gasteiger partial charge on any atom is 0.205 e. The smallest absolute Gasteiger partial charge is 0.205 e. The molecule has 0 bridgehead atoms. The average molecular weight is 308 g/mol. The number of hydrogen-bond donors (Lipinski definition) is 0. The van der Waals surface area contributed by atoms with Gasteiger partial charge in [-0.2, -0.15) is 4.37 Å². The number of allylic oxidation sites excluding steroid dienone is 1. The fourth-order valence-corrected chi connectivity index (χ4v) is 3.67. The second-order valence-electron chi connectivity index (χ2n) is 5.70. The standard InChI is InChI=1S/C15H24N4OS/c1-2-14-16-15(21-17-14)19-8-5-7-18(9-10-19)12-13-6-3-4-11-20-13/h4,11,13H,2-3,5-10,12H2,1H3. The molecule has 2 aliphatic rings. The molecule has 1 saturated heterocycles. The molecule has 6 heteroatoms. The second kappa shape index (κ2) is 7.22. The van der Waals surface area contributed by atoms with Gasteiger partial charge in [-0.25, -0.2) is 4.98 Å². The summed E-state index contributed by atoms with van der Waals surface area (Å²) >= 11 is 1.54. The fourth-order valence-electron chi connectivity index (χ4n) is 2.87. The number of ether oxygens (including phenoxy) is 1. The van der Waals surface area contributed by atoms with Gasteiger partial charge in [0, 0.05) is 50.7 Å². The van der Waals surface area contributed by atoms with Gasteiger partial charge in [-0.05, 0) is 25.3 Å². The minimum absolute atomic E-state index is 0.370. The number of anilines is 1. The van der Waals surface area contributed by atoms with E-state index in [1.807, 2.05) is 6.26 Å². The summed E-state index contributed by atoms with van der Waals surface area (Å²) in [4.78, 5) is 9.54. The quantitative estimate of drug-likeness (QED) is 0.854. The predicted octanol–water partition coefficient (Wildman–Crippen LogP) is 2.31.